The van der Waals surface area contributed by atoms with Crippen molar-refractivity contribution in [2.24, 2.45) is 0 Å². The van der Waals surface area contributed by atoms with Crippen LogP contribution >= 0.6 is 15.9 Å². The minimum atomic E-state index is 1.19. The first-order chi connectivity index (χ1) is 5.24. The van der Waals surface area contributed by atoms with Crippen molar-refractivity contribution in [3.63, 3.8) is 0 Å². The monoisotopic (exact) mass is 212 g/mol. The van der Waals surface area contributed by atoms with E-state index in [9.17, 15) is 0 Å². The van der Waals surface area contributed by atoms with Gasteiger partial charge in [0.25, 0.3) is 0 Å². The molecular formula is C10H13Br. The van der Waals surface area contributed by atoms with E-state index < -0.39 is 0 Å². The Kier molecular flexibility index (Phi) is 3.13. The van der Waals surface area contributed by atoms with Crippen LogP contribution in [0.2, 0.25) is 0 Å². The summed E-state index contributed by atoms with van der Waals surface area (Å²) in [5, 5.41) is 0. The Morgan fingerprint density at radius 1 is 1.64 bits per heavy atom. The van der Waals surface area contributed by atoms with Crippen LogP contribution < -0.4 is 0 Å². The Balaban J connectivity index is 2.81. The minimum absolute atomic E-state index is 1.19. The summed E-state index contributed by atoms with van der Waals surface area (Å²) in [6.07, 6.45) is 6.92. The number of hydrogen-bond acceptors (Lipinski definition) is 0. The van der Waals surface area contributed by atoms with E-state index in [4.69, 9.17) is 0 Å². The third-order valence-corrected chi connectivity index (χ3v) is 2.64. The molecule has 0 spiro atoms. The highest BCUT2D eigenvalue weighted by Gasteiger charge is 2.03. The summed E-state index contributed by atoms with van der Waals surface area (Å²) in [6.45, 7) is 4.29. The van der Waals surface area contributed by atoms with Gasteiger partial charge in [-0.25, -0.2) is 0 Å². The van der Waals surface area contributed by atoms with Crippen molar-refractivity contribution in [3.8, 4) is 0 Å². The maximum absolute atomic E-state index is 3.35. The molecule has 1 aliphatic rings. The third kappa shape index (κ3) is 2.33. The van der Waals surface area contributed by atoms with E-state index >= 15 is 0 Å². The van der Waals surface area contributed by atoms with Gasteiger partial charge in [-0.1, -0.05) is 33.7 Å². The summed E-state index contributed by atoms with van der Waals surface area (Å²) in [7, 11) is 0. The van der Waals surface area contributed by atoms with Crippen LogP contribution in [0.3, 0.4) is 0 Å². The Morgan fingerprint density at radius 3 is 2.91 bits per heavy atom. The number of allylic oxidation sites excluding steroid dienone is 5. The largest absolute Gasteiger partial charge is 0.0813 e. The van der Waals surface area contributed by atoms with E-state index in [1.807, 2.05) is 4.99 Å². The second-order valence-corrected chi connectivity index (χ2v) is 3.41. The van der Waals surface area contributed by atoms with Crippen LogP contribution in [-0.2, 0) is 0 Å². The smallest absolute Gasteiger partial charge is 0.0157 e. The highest BCUT2D eigenvalue weighted by atomic mass is 79.9. The van der Waals surface area contributed by atoms with Gasteiger partial charge in [0.2, 0.25) is 0 Å². The molecular weight excluding hydrogens is 200 g/mol. The Hall–Kier alpha value is -0.300. The van der Waals surface area contributed by atoms with Crippen LogP contribution in [-0.4, -0.2) is 0 Å². The van der Waals surface area contributed by atoms with Crippen molar-refractivity contribution in [1.29, 1.82) is 0 Å². The van der Waals surface area contributed by atoms with E-state index in [1.54, 1.807) is 0 Å². The summed E-state index contributed by atoms with van der Waals surface area (Å²) in [6, 6.07) is 0. The van der Waals surface area contributed by atoms with Crippen molar-refractivity contribution in [2.75, 3.05) is 0 Å². The maximum atomic E-state index is 3.35. The molecule has 0 atom stereocenters. The first-order valence-corrected chi connectivity index (χ1v) is 4.80. The summed E-state index contributed by atoms with van der Waals surface area (Å²) >= 11 is 3.35. The number of rotatable bonds is 1. The molecule has 0 amide bonds. The van der Waals surface area contributed by atoms with E-state index in [0.717, 1.165) is 0 Å². The fourth-order valence-electron chi connectivity index (χ4n) is 1.24. The Morgan fingerprint density at radius 2 is 2.36 bits per heavy atom. The normalized spacial score (nSPS) is 19.4. The molecule has 0 aromatic rings. The molecule has 0 radical (unpaired) electrons. The minimum Gasteiger partial charge on any atom is -0.0813 e. The summed E-state index contributed by atoms with van der Waals surface area (Å²) < 4.78 is 0. The fraction of sp³-hybridized carbons (Fsp3) is 0.400. The van der Waals surface area contributed by atoms with Gasteiger partial charge in [-0.3, -0.25) is 0 Å². The summed E-state index contributed by atoms with van der Waals surface area (Å²) in [5.41, 5.74) is 4.19. The molecule has 1 heteroatoms. The molecule has 11 heavy (non-hydrogen) atoms. The van der Waals surface area contributed by atoms with E-state index in [-0.39, 0.29) is 0 Å². The van der Waals surface area contributed by atoms with Crippen LogP contribution in [0.25, 0.3) is 0 Å². The molecule has 0 bridgehead atoms. The van der Waals surface area contributed by atoms with Crippen LogP contribution in [0.1, 0.15) is 26.7 Å². The Bertz CT molecular complexity index is 231. The zero-order valence-corrected chi connectivity index (χ0v) is 8.61. The first kappa shape index (κ1) is 8.79. The Labute approximate surface area is 76.8 Å². The van der Waals surface area contributed by atoms with Gasteiger partial charge in [0.15, 0.2) is 0 Å². The summed E-state index contributed by atoms with van der Waals surface area (Å²) in [5.74, 6) is 0. The molecule has 0 aromatic carbocycles. The highest BCUT2D eigenvalue weighted by Crippen LogP contribution is 2.23. The van der Waals surface area contributed by atoms with Gasteiger partial charge in [-0.05, 0) is 42.8 Å². The summed E-state index contributed by atoms with van der Waals surface area (Å²) in [4.78, 5) is 2.00. The van der Waals surface area contributed by atoms with E-state index in [0.29, 0.717) is 0 Å². The second-order valence-electron chi connectivity index (χ2n) is 2.95. The van der Waals surface area contributed by atoms with Gasteiger partial charge >= 0.3 is 0 Å². The van der Waals surface area contributed by atoms with Crippen LogP contribution in [0.15, 0.2) is 33.9 Å². The molecule has 0 N–H and O–H groups in total. The second kappa shape index (κ2) is 3.91. The van der Waals surface area contributed by atoms with Crippen molar-refractivity contribution in [2.45, 2.75) is 26.7 Å². The number of hydrogen-bond donors (Lipinski definition) is 0. The van der Waals surface area contributed by atoms with Crippen molar-refractivity contribution in [1.82, 2.24) is 0 Å². The number of halogens is 1. The highest BCUT2D eigenvalue weighted by molar-refractivity contribution is 9.11. The topological polar surface area (TPSA) is 0 Å². The van der Waals surface area contributed by atoms with Gasteiger partial charge in [-0.2, -0.15) is 0 Å². The van der Waals surface area contributed by atoms with E-state index in [2.05, 4.69) is 41.9 Å². The lowest BCUT2D eigenvalue weighted by Crippen LogP contribution is -1.91. The van der Waals surface area contributed by atoms with Gasteiger partial charge in [0.1, 0.15) is 0 Å². The molecule has 60 valence electrons. The lowest BCUT2D eigenvalue weighted by atomic mass is 9.96. The van der Waals surface area contributed by atoms with Gasteiger partial charge in [-0.15, -0.1) is 0 Å². The molecule has 0 saturated heterocycles. The quantitative estimate of drug-likeness (QED) is 0.618. The molecule has 0 fully saturated rings. The molecule has 0 heterocycles. The molecule has 0 aromatic heterocycles. The lowest BCUT2D eigenvalue weighted by molar-refractivity contribution is 0.954. The van der Waals surface area contributed by atoms with E-state index in [1.165, 1.54) is 29.6 Å². The zero-order chi connectivity index (χ0) is 8.27. The van der Waals surface area contributed by atoms with Crippen molar-refractivity contribution < 1.29 is 0 Å². The molecule has 1 rings (SSSR count). The lowest BCUT2D eigenvalue weighted by Gasteiger charge is -2.11. The predicted octanol–water partition coefficient (Wildman–Crippen LogP) is 3.95. The van der Waals surface area contributed by atoms with Crippen molar-refractivity contribution >= 4 is 15.9 Å². The van der Waals surface area contributed by atoms with Crippen LogP contribution in [0, 0.1) is 0 Å². The standard InChI is InChI=1S/C10H13Br/c1-8-4-3-5-10(6-8)9(2)7-11/h4,6-7H,3,5H2,1-2H3/b9-7+. The van der Waals surface area contributed by atoms with Gasteiger partial charge < -0.3 is 0 Å². The van der Waals surface area contributed by atoms with Gasteiger partial charge in [0.05, 0.1) is 0 Å². The van der Waals surface area contributed by atoms with Crippen LogP contribution in [0.5, 0.6) is 0 Å². The molecule has 0 saturated carbocycles. The average molecular weight is 213 g/mol. The average Bonchev–Trinajstić information content (AvgIpc) is 2.03. The first-order valence-electron chi connectivity index (χ1n) is 3.88. The third-order valence-electron chi connectivity index (χ3n) is 1.95. The maximum Gasteiger partial charge on any atom is -0.0157 e. The SMILES string of the molecule is CC1=CCCC(/C(C)=C/Br)=C1. The van der Waals surface area contributed by atoms with Crippen LogP contribution in [0.4, 0.5) is 0 Å². The fourth-order valence-corrected chi connectivity index (χ4v) is 1.54. The van der Waals surface area contributed by atoms with Crippen molar-refractivity contribution in [3.05, 3.63) is 33.9 Å². The molecule has 1 aliphatic carbocycles. The zero-order valence-electron chi connectivity index (χ0n) is 7.02. The molecule has 0 aliphatic heterocycles. The van der Waals surface area contributed by atoms with Gasteiger partial charge in [0, 0.05) is 0 Å². The molecule has 0 unspecified atom stereocenters. The predicted molar refractivity (Wildman–Crippen MR) is 53.8 cm³/mol. The molecule has 0 nitrogen and oxygen atoms in total.